The minimum Gasteiger partial charge on any atom is -0.493 e. The molecular formula is C24H34FIN4O2. The zero-order valence-electron chi connectivity index (χ0n) is 19.1. The van der Waals surface area contributed by atoms with Crippen molar-refractivity contribution in [2.24, 2.45) is 10.9 Å². The number of hydrogen-bond donors (Lipinski definition) is 2. The van der Waals surface area contributed by atoms with Gasteiger partial charge >= 0.3 is 0 Å². The van der Waals surface area contributed by atoms with E-state index in [1.54, 1.807) is 27.3 Å². The van der Waals surface area contributed by atoms with Gasteiger partial charge in [0.15, 0.2) is 17.5 Å². The van der Waals surface area contributed by atoms with Crippen LogP contribution in [0.5, 0.6) is 11.5 Å². The van der Waals surface area contributed by atoms with Gasteiger partial charge in [-0.2, -0.15) is 0 Å². The molecule has 32 heavy (non-hydrogen) atoms. The second-order valence-electron chi connectivity index (χ2n) is 7.81. The van der Waals surface area contributed by atoms with E-state index in [-0.39, 0.29) is 29.8 Å². The number of nitrogens with one attached hydrogen (secondary N) is 2. The van der Waals surface area contributed by atoms with Gasteiger partial charge in [0.1, 0.15) is 5.82 Å². The number of hydrogen-bond acceptors (Lipinski definition) is 4. The average Bonchev–Trinajstić information content (AvgIpc) is 2.81. The van der Waals surface area contributed by atoms with Crippen LogP contribution in [-0.4, -0.2) is 51.8 Å². The van der Waals surface area contributed by atoms with Crippen molar-refractivity contribution in [3.63, 3.8) is 0 Å². The number of piperidine rings is 1. The van der Waals surface area contributed by atoms with E-state index in [9.17, 15) is 4.39 Å². The third-order valence-electron chi connectivity index (χ3n) is 5.75. The fourth-order valence-corrected chi connectivity index (χ4v) is 3.85. The highest BCUT2D eigenvalue weighted by atomic mass is 127. The number of rotatable bonds is 8. The first kappa shape index (κ1) is 26.2. The lowest BCUT2D eigenvalue weighted by Crippen LogP contribution is -2.42. The van der Waals surface area contributed by atoms with Gasteiger partial charge < -0.3 is 20.1 Å². The second kappa shape index (κ2) is 13.5. The van der Waals surface area contributed by atoms with Gasteiger partial charge in [-0.3, -0.25) is 9.89 Å². The molecule has 0 amide bonds. The zero-order valence-corrected chi connectivity index (χ0v) is 21.4. The molecule has 0 aromatic heterocycles. The number of aliphatic imine (C=N–C) groups is 1. The Morgan fingerprint density at radius 3 is 2.44 bits per heavy atom. The molecule has 176 valence electrons. The number of ether oxygens (including phenoxy) is 2. The van der Waals surface area contributed by atoms with Crippen LogP contribution >= 0.6 is 24.0 Å². The van der Waals surface area contributed by atoms with Crippen LogP contribution in [0.1, 0.15) is 24.0 Å². The summed E-state index contributed by atoms with van der Waals surface area (Å²) in [5.74, 6) is 2.68. The van der Waals surface area contributed by atoms with Crippen LogP contribution < -0.4 is 20.1 Å². The van der Waals surface area contributed by atoms with Crippen molar-refractivity contribution in [3.8, 4) is 11.5 Å². The summed E-state index contributed by atoms with van der Waals surface area (Å²) in [7, 11) is 5.05. The van der Waals surface area contributed by atoms with Gasteiger partial charge in [-0.25, -0.2) is 4.39 Å². The van der Waals surface area contributed by atoms with Gasteiger partial charge in [0.2, 0.25) is 0 Å². The van der Waals surface area contributed by atoms with E-state index in [2.05, 4.69) is 20.5 Å². The molecule has 2 aromatic carbocycles. The molecule has 0 unspecified atom stereocenters. The van der Waals surface area contributed by atoms with E-state index in [1.807, 2.05) is 30.3 Å². The van der Waals surface area contributed by atoms with E-state index in [1.165, 1.54) is 6.07 Å². The van der Waals surface area contributed by atoms with E-state index >= 15 is 0 Å². The van der Waals surface area contributed by atoms with Gasteiger partial charge in [0.25, 0.3) is 0 Å². The number of likely N-dealkylation sites (tertiary alicyclic amines) is 1. The topological polar surface area (TPSA) is 58.1 Å². The second-order valence-corrected chi connectivity index (χ2v) is 7.81. The van der Waals surface area contributed by atoms with Crippen molar-refractivity contribution in [2.45, 2.75) is 25.9 Å². The Morgan fingerprint density at radius 2 is 1.78 bits per heavy atom. The highest BCUT2D eigenvalue weighted by Crippen LogP contribution is 2.27. The van der Waals surface area contributed by atoms with Crippen molar-refractivity contribution >= 4 is 29.9 Å². The quantitative estimate of drug-likeness (QED) is 0.292. The third-order valence-corrected chi connectivity index (χ3v) is 5.75. The fourth-order valence-electron chi connectivity index (χ4n) is 3.85. The number of guanidine groups is 1. The molecule has 1 saturated heterocycles. The first-order valence-electron chi connectivity index (χ1n) is 10.7. The molecule has 0 atom stereocenters. The Labute approximate surface area is 207 Å². The van der Waals surface area contributed by atoms with Gasteiger partial charge in [-0.15, -0.1) is 24.0 Å². The summed E-state index contributed by atoms with van der Waals surface area (Å²) >= 11 is 0. The van der Waals surface area contributed by atoms with E-state index < -0.39 is 0 Å². The van der Waals surface area contributed by atoms with Crippen LogP contribution in [0.4, 0.5) is 4.39 Å². The van der Waals surface area contributed by atoms with Crippen LogP contribution in [0.25, 0.3) is 0 Å². The molecule has 1 fully saturated rings. The largest absolute Gasteiger partial charge is 0.493 e. The Hall–Kier alpha value is -2.07. The van der Waals surface area contributed by atoms with Crippen molar-refractivity contribution in [1.82, 2.24) is 15.5 Å². The lowest BCUT2D eigenvalue weighted by Gasteiger charge is -2.32. The minimum atomic E-state index is -0.115. The van der Waals surface area contributed by atoms with Crippen molar-refractivity contribution in [1.29, 1.82) is 0 Å². The fraction of sp³-hybridized carbons (Fsp3) is 0.458. The van der Waals surface area contributed by atoms with Gasteiger partial charge in [-0.1, -0.05) is 24.3 Å². The lowest BCUT2D eigenvalue weighted by atomic mass is 9.96. The first-order valence-corrected chi connectivity index (χ1v) is 10.7. The van der Waals surface area contributed by atoms with Crippen LogP contribution in [0, 0.1) is 11.7 Å². The first-order chi connectivity index (χ1) is 15.1. The number of halogens is 2. The van der Waals surface area contributed by atoms with Crippen LogP contribution in [0.15, 0.2) is 47.5 Å². The van der Waals surface area contributed by atoms with Crippen LogP contribution in [0.2, 0.25) is 0 Å². The molecule has 8 heteroatoms. The third kappa shape index (κ3) is 7.51. The normalized spacial score (nSPS) is 15.1. The summed E-state index contributed by atoms with van der Waals surface area (Å²) in [6, 6.07) is 12.9. The Bertz CT molecular complexity index is 873. The van der Waals surface area contributed by atoms with Crippen molar-refractivity contribution < 1.29 is 13.9 Å². The molecule has 1 aliphatic rings. The molecule has 6 nitrogen and oxygen atoms in total. The molecular weight excluding hydrogens is 522 g/mol. The standard InChI is InChI=1S/C24H33FN4O2.HI/c1-26-24(28-16-19-8-9-22(30-2)23(14-19)31-3)27-15-18-10-12-29(13-11-18)17-20-6-4-5-7-21(20)25;/h4-9,14,18H,10-13,15-17H2,1-3H3,(H2,26,27,28);1H. The minimum absolute atomic E-state index is 0. The van der Waals surface area contributed by atoms with E-state index in [0.29, 0.717) is 24.8 Å². The zero-order chi connectivity index (χ0) is 22.1. The average molecular weight is 556 g/mol. The number of benzene rings is 2. The molecule has 3 rings (SSSR count). The molecule has 1 heterocycles. The summed E-state index contributed by atoms with van der Waals surface area (Å²) in [5.41, 5.74) is 1.86. The highest BCUT2D eigenvalue weighted by molar-refractivity contribution is 14.0. The molecule has 0 bridgehead atoms. The number of nitrogens with zero attached hydrogens (tertiary/aromatic N) is 2. The SMILES string of the molecule is CN=C(NCc1ccc(OC)c(OC)c1)NCC1CCN(Cc2ccccc2F)CC1.I. The molecule has 0 radical (unpaired) electrons. The van der Waals surface area contributed by atoms with Crippen LogP contribution in [0.3, 0.4) is 0 Å². The smallest absolute Gasteiger partial charge is 0.191 e. The number of methoxy groups -OCH3 is 2. The molecule has 1 aliphatic heterocycles. The highest BCUT2D eigenvalue weighted by Gasteiger charge is 2.20. The van der Waals surface area contributed by atoms with Gasteiger partial charge in [0.05, 0.1) is 14.2 Å². The van der Waals surface area contributed by atoms with Crippen molar-refractivity contribution in [2.75, 3.05) is 40.9 Å². The summed E-state index contributed by atoms with van der Waals surface area (Å²) < 4.78 is 24.5. The van der Waals surface area contributed by atoms with Crippen LogP contribution in [-0.2, 0) is 13.1 Å². The molecule has 2 N–H and O–H groups in total. The van der Waals surface area contributed by atoms with E-state index in [0.717, 1.165) is 55.3 Å². The Morgan fingerprint density at radius 1 is 1.06 bits per heavy atom. The monoisotopic (exact) mass is 556 g/mol. The maximum absolute atomic E-state index is 13.9. The lowest BCUT2D eigenvalue weighted by molar-refractivity contribution is 0.176. The molecule has 0 spiro atoms. The Balaban J connectivity index is 0.00000363. The Kier molecular flexibility index (Phi) is 11.0. The summed E-state index contributed by atoms with van der Waals surface area (Å²) in [6.45, 7) is 4.17. The maximum Gasteiger partial charge on any atom is 0.191 e. The predicted molar refractivity (Wildman–Crippen MR) is 138 cm³/mol. The van der Waals surface area contributed by atoms with E-state index in [4.69, 9.17) is 9.47 Å². The maximum atomic E-state index is 13.9. The summed E-state index contributed by atoms with van der Waals surface area (Å²) in [5, 5.41) is 6.79. The predicted octanol–water partition coefficient (Wildman–Crippen LogP) is 4.04. The molecule has 0 saturated carbocycles. The summed E-state index contributed by atoms with van der Waals surface area (Å²) in [6.07, 6.45) is 2.18. The van der Waals surface area contributed by atoms with Gasteiger partial charge in [-0.05, 0) is 55.6 Å². The van der Waals surface area contributed by atoms with Crippen molar-refractivity contribution in [3.05, 3.63) is 59.4 Å². The van der Waals surface area contributed by atoms with Gasteiger partial charge in [0, 0.05) is 32.2 Å². The summed E-state index contributed by atoms with van der Waals surface area (Å²) in [4.78, 5) is 6.66. The molecule has 0 aliphatic carbocycles. The molecule has 2 aromatic rings.